The van der Waals surface area contributed by atoms with Crippen LogP contribution in [0.3, 0.4) is 0 Å². The molecule has 2 fully saturated rings. The van der Waals surface area contributed by atoms with Gasteiger partial charge in [-0.15, -0.1) is 0 Å². The Balaban J connectivity index is 1.53. The minimum absolute atomic E-state index is 0.00600. The number of nitrogens with one attached hydrogen (secondary N) is 1. The Labute approximate surface area is 274 Å². The van der Waals surface area contributed by atoms with Crippen molar-refractivity contribution in [2.75, 3.05) is 50.9 Å². The van der Waals surface area contributed by atoms with Crippen molar-refractivity contribution in [1.82, 2.24) is 19.8 Å². The monoisotopic (exact) mass is 657 g/mol. The third-order valence-corrected chi connectivity index (χ3v) is 10.0. The summed E-state index contributed by atoms with van der Waals surface area (Å²) in [4.78, 5) is 21.1. The molecule has 2 saturated heterocycles. The number of rotatable bonds is 16. The van der Waals surface area contributed by atoms with Gasteiger partial charge in [0.15, 0.2) is 0 Å². The molecule has 2 aromatic carbocycles. The highest BCUT2D eigenvalue weighted by atomic mass is 32.2. The molecule has 0 radical (unpaired) electrons. The lowest BCUT2D eigenvalue weighted by Gasteiger charge is -2.40. The van der Waals surface area contributed by atoms with Crippen LogP contribution in [0.4, 0.5) is 13.2 Å². The van der Waals surface area contributed by atoms with E-state index in [1.807, 2.05) is 39.8 Å². The van der Waals surface area contributed by atoms with Crippen LogP contribution in [0.2, 0.25) is 0 Å². The van der Waals surface area contributed by atoms with E-state index in [-0.39, 0.29) is 42.1 Å². The van der Waals surface area contributed by atoms with Gasteiger partial charge in [-0.2, -0.15) is 11.8 Å². The number of benzene rings is 2. The summed E-state index contributed by atoms with van der Waals surface area (Å²) in [7, 11) is 0. The lowest BCUT2D eigenvalue weighted by molar-refractivity contribution is -0.134. The van der Waals surface area contributed by atoms with Crippen LogP contribution < -0.4 is 11.1 Å². The number of halogens is 3. The van der Waals surface area contributed by atoms with Gasteiger partial charge in [0.2, 0.25) is 5.91 Å². The average Bonchev–Trinajstić information content (AvgIpc) is 3.67. The number of nitrogens with two attached hydrogens (primary N) is 1. The number of carbonyl (C=O) groups excluding carboxylic acids is 1. The first-order valence-electron chi connectivity index (χ1n) is 16.5. The van der Waals surface area contributed by atoms with E-state index in [2.05, 4.69) is 5.32 Å². The van der Waals surface area contributed by atoms with Gasteiger partial charge in [-0.05, 0) is 67.7 Å². The van der Waals surface area contributed by atoms with Gasteiger partial charge in [0.05, 0.1) is 17.5 Å². The fourth-order valence-electron chi connectivity index (χ4n) is 6.48. The molecule has 0 saturated carbocycles. The van der Waals surface area contributed by atoms with Crippen molar-refractivity contribution in [3.8, 4) is 11.3 Å². The number of imidazole rings is 1. The summed E-state index contributed by atoms with van der Waals surface area (Å²) in [6, 6.07) is 12.7. The molecule has 3 unspecified atom stereocenters. The van der Waals surface area contributed by atoms with Crippen molar-refractivity contribution in [3.63, 3.8) is 0 Å². The third-order valence-electron chi connectivity index (χ3n) is 9.00. The maximum atomic E-state index is 15.1. The zero-order chi connectivity index (χ0) is 32.3. The van der Waals surface area contributed by atoms with Gasteiger partial charge in [-0.3, -0.25) is 4.79 Å². The number of thioether (sulfide) groups is 1. The number of amides is 1. The number of hydrogen-bond donors (Lipinski definition) is 2. The van der Waals surface area contributed by atoms with Crippen molar-refractivity contribution in [2.45, 2.75) is 57.3 Å². The van der Waals surface area contributed by atoms with E-state index in [1.54, 1.807) is 18.0 Å². The molecule has 0 spiro atoms. The molecule has 3 aromatic rings. The number of hydrogen-bond acceptors (Lipinski definition) is 6. The fourth-order valence-corrected chi connectivity index (χ4v) is 7.37. The standard InChI is InChI=1S/C35H46F3N5O2S/c36-28-10-11-30(37)29(18-28)32-23-42(21-25-8-4-3-5-9-25)35(41-32)34(26-12-15-45-16-13-26)43(22-27-19-40-20-31(27)38)33(44)24-46-17-7-2-1-6-14-39/h3-5,8-11,18,23,26-27,31,34,40H,1-2,6-7,12-17,19-22,24,39H2. The minimum Gasteiger partial charge on any atom is -0.381 e. The fraction of sp³-hybridized carbons (Fsp3) is 0.543. The lowest BCUT2D eigenvalue weighted by Crippen LogP contribution is -2.46. The molecule has 5 rings (SSSR count). The number of nitrogens with zero attached hydrogens (tertiary/aromatic N) is 3. The van der Waals surface area contributed by atoms with Crippen LogP contribution >= 0.6 is 11.8 Å². The Kier molecular flexibility index (Phi) is 13.0. The van der Waals surface area contributed by atoms with Crippen molar-refractivity contribution in [2.24, 2.45) is 17.6 Å². The molecule has 7 nitrogen and oxygen atoms in total. The Morgan fingerprint density at radius 3 is 2.61 bits per heavy atom. The van der Waals surface area contributed by atoms with E-state index in [9.17, 15) is 9.18 Å². The first-order chi connectivity index (χ1) is 22.4. The first kappa shape index (κ1) is 34.5. The highest BCUT2D eigenvalue weighted by Gasteiger charge is 2.40. The zero-order valence-electron chi connectivity index (χ0n) is 26.4. The average molecular weight is 658 g/mol. The normalized spacial score (nSPS) is 19.4. The third kappa shape index (κ3) is 9.14. The summed E-state index contributed by atoms with van der Waals surface area (Å²) in [6.45, 7) is 3.19. The molecule has 250 valence electrons. The van der Waals surface area contributed by atoms with Crippen LogP contribution in [0.1, 0.15) is 56.0 Å². The molecule has 3 heterocycles. The Bertz CT molecular complexity index is 1390. The Hall–Kier alpha value is -2.86. The van der Waals surface area contributed by atoms with Crippen LogP contribution in [0.25, 0.3) is 11.3 Å². The largest absolute Gasteiger partial charge is 0.381 e. The predicted octanol–water partition coefficient (Wildman–Crippen LogP) is 5.98. The van der Waals surface area contributed by atoms with Crippen molar-refractivity contribution < 1.29 is 22.7 Å². The van der Waals surface area contributed by atoms with Crippen LogP contribution in [0, 0.1) is 23.5 Å². The Morgan fingerprint density at radius 2 is 1.87 bits per heavy atom. The van der Waals surface area contributed by atoms with Gasteiger partial charge in [-0.25, -0.2) is 18.2 Å². The summed E-state index contributed by atoms with van der Waals surface area (Å²) in [6.07, 6.45) is 6.24. The maximum absolute atomic E-state index is 15.1. The number of ether oxygens (including phenoxy) is 1. The second kappa shape index (κ2) is 17.3. The van der Waals surface area contributed by atoms with Crippen LogP contribution in [0.15, 0.2) is 54.7 Å². The number of aromatic nitrogens is 2. The van der Waals surface area contributed by atoms with Crippen molar-refractivity contribution >= 4 is 17.7 Å². The smallest absolute Gasteiger partial charge is 0.233 e. The summed E-state index contributed by atoms with van der Waals surface area (Å²) < 4.78 is 52.2. The Morgan fingerprint density at radius 1 is 1.09 bits per heavy atom. The summed E-state index contributed by atoms with van der Waals surface area (Å²) >= 11 is 1.60. The molecule has 0 bridgehead atoms. The molecule has 3 atom stereocenters. The highest BCUT2D eigenvalue weighted by Crippen LogP contribution is 2.38. The molecule has 0 aliphatic carbocycles. The predicted molar refractivity (Wildman–Crippen MR) is 177 cm³/mol. The quantitative estimate of drug-likeness (QED) is 0.185. The molecule has 3 N–H and O–H groups in total. The van der Waals surface area contributed by atoms with Crippen LogP contribution in [-0.2, 0) is 16.1 Å². The van der Waals surface area contributed by atoms with E-state index in [1.165, 1.54) is 0 Å². The van der Waals surface area contributed by atoms with E-state index in [4.69, 9.17) is 15.5 Å². The molecule has 11 heteroatoms. The van der Waals surface area contributed by atoms with E-state index in [0.29, 0.717) is 57.2 Å². The minimum atomic E-state index is -1.07. The van der Waals surface area contributed by atoms with E-state index < -0.39 is 23.8 Å². The van der Waals surface area contributed by atoms with Crippen molar-refractivity contribution in [3.05, 3.63) is 77.8 Å². The maximum Gasteiger partial charge on any atom is 0.233 e. The van der Waals surface area contributed by atoms with E-state index in [0.717, 1.165) is 55.2 Å². The van der Waals surface area contributed by atoms with Gasteiger partial charge >= 0.3 is 0 Å². The van der Waals surface area contributed by atoms with E-state index >= 15 is 8.78 Å². The van der Waals surface area contributed by atoms with Crippen LogP contribution in [-0.4, -0.2) is 77.4 Å². The molecular formula is C35H46F3N5O2S. The number of alkyl halides is 1. The molecular weight excluding hydrogens is 611 g/mol. The molecule has 46 heavy (non-hydrogen) atoms. The molecule has 1 amide bonds. The molecule has 2 aliphatic heterocycles. The molecule has 2 aliphatic rings. The summed E-state index contributed by atoms with van der Waals surface area (Å²) in [5.74, 6) is 0.168. The second-order valence-corrected chi connectivity index (χ2v) is 13.5. The van der Waals surface area contributed by atoms with Gasteiger partial charge in [0.1, 0.15) is 23.6 Å². The summed E-state index contributed by atoms with van der Waals surface area (Å²) in [5.41, 5.74) is 6.98. The topological polar surface area (TPSA) is 85.4 Å². The van der Waals surface area contributed by atoms with Crippen LogP contribution in [0.5, 0.6) is 0 Å². The van der Waals surface area contributed by atoms with Gasteiger partial charge in [0, 0.05) is 57.1 Å². The highest BCUT2D eigenvalue weighted by molar-refractivity contribution is 7.99. The number of unbranched alkanes of at least 4 members (excludes halogenated alkanes) is 3. The lowest BCUT2D eigenvalue weighted by atomic mass is 9.88. The number of carbonyl (C=O) groups is 1. The first-order valence-corrected chi connectivity index (χ1v) is 17.7. The van der Waals surface area contributed by atoms with Crippen molar-refractivity contribution in [1.29, 1.82) is 0 Å². The van der Waals surface area contributed by atoms with Gasteiger partial charge < -0.3 is 25.3 Å². The second-order valence-electron chi connectivity index (χ2n) is 12.4. The SMILES string of the molecule is NCCCCCCSCC(=O)N(CC1CNCC1F)C(c1nc(-c2cc(F)ccc2F)cn1Cc1ccccc1)C1CCOCC1. The van der Waals surface area contributed by atoms with Gasteiger partial charge in [0.25, 0.3) is 0 Å². The zero-order valence-corrected chi connectivity index (χ0v) is 27.2. The van der Waals surface area contributed by atoms with Gasteiger partial charge in [-0.1, -0.05) is 43.2 Å². The molecule has 1 aromatic heterocycles. The summed E-state index contributed by atoms with van der Waals surface area (Å²) in [5, 5.41) is 3.14.